The molecule has 2 heterocycles. The van der Waals surface area contributed by atoms with Crippen molar-refractivity contribution < 1.29 is 4.79 Å². The number of carbonyl (C=O) groups excluding carboxylic acids is 1. The molecule has 1 aliphatic heterocycles. The maximum atomic E-state index is 12.5. The Bertz CT molecular complexity index is 698. The van der Waals surface area contributed by atoms with Crippen LogP contribution >= 0.6 is 31.9 Å². The lowest BCUT2D eigenvalue weighted by Gasteiger charge is -2.17. The fourth-order valence-electron chi connectivity index (χ4n) is 2.48. The largest absolute Gasteiger partial charge is 0.334 e. The highest BCUT2D eigenvalue weighted by Gasteiger charge is 2.21. The summed E-state index contributed by atoms with van der Waals surface area (Å²) < 4.78 is 3.82. The monoisotopic (exact) mass is 412 g/mol. The van der Waals surface area contributed by atoms with Crippen LogP contribution in [-0.4, -0.2) is 32.6 Å². The molecule has 21 heavy (non-hydrogen) atoms. The number of benzene rings is 1. The first kappa shape index (κ1) is 14.7. The second-order valence-corrected chi connectivity index (χ2v) is 6.84. The maximum absolute atomic E-state index is 12.5. The summed E-state index contributed by atoms with van der Waals surface area (Å²) in [4.78, 5) is 14.2. The van der Waals surface area contributed by atoms with Gasteiger partial charge in [0.1, 0.15) is 5.82 Å². The van der Waals surface area contributed by atoms with Crippen molar-refractivity contribution in [1.29, 1.82) is 0 Å². The Hall–Kier alpha value is -1.21. The quantitative estimate of drug-likeness (QED) is 0.776. The van der Waals surface area contributed by atoms with Crippen LogP contribution in [0.3, 0.4) is 0 Å². The van der Waals surface area contributed by atoms with Gasteiger partial charge in [0, 0.05) is 29.0 Å². The minimum absolute atomic E-state index is 0.0373. The van der Waals surface area contributed by atoms with Crippen LogP contribution in [0.1, 0.15) is 28.4 Å². The summed E-state index contributed by atoms with van der Waals surface area (Å²) in [5, 5.41) is 8.36. The molecule has 1 amide bonds. The lowest BCUT2D eigenvalue weighted by atomic mass is 10.2. The Labute approximate surface area is 139 Å². The number of hydrogen-bond acceptors (Lipinski definition) is 3. The highest BCUT2D eigenvalue weighted by Crippen LogP contribution is 2.23. The second kappa shape index (κ2) is 5.88. The fourth-order valence-corrected chi connectivity index (χ4v) is 3.70. The molecule has 0 unspecified atom stereocenters. The van der Waals surface area contributed by atoms with E-state index in [4.69, 9.17) is 0 Å². The van der Waals surface area contributed by atoms with Crippen LogP contribution < -0.4 is 0 Å². The standard InChI is InChI=1S/C14H14Br2N4O/c1-19(8-13-18-17-12-3-2-6-20(12)13)14(21)10-5-4-9(15)7-11(10)16/h4-5,7H,2-3,6,8H2,1H3. The van der Waals surface area contributed by atoms with E-state index in [2.05, 4.69) is 46.6 Å². The van der Waals surface area contributed by atoms with E-state index in [0.29, 0.717) is 12.1 Å². The van der Waals surface area contributed by atoms with Crippen LogP contribution in [0.25, 0.3) is 0 Å². The van der Waals surface area contributed by atoms with Crippen molar-refractivity contribution >= 4 is 37.8 Å². The molecular weight excluding hydrogens is 400 g/mol. The third-order valence-corrected chi connectivity index (χ3v) is 4.72. The zero-order valence-electron chi connectivity index (χ0n) is 11.5. The number of hydrogen-bond donors (Lipinski definition) is 0. The van der Waals surface area contributed by atoms with Crippen LogP contribution in [-0.2, 0) is 19.5 Å². The summed E-state index contributed by atoms with van der Waals surface area (Å²) in [6.45, 7) is 1.41. The molecule has 0 bridgehead atoms. The summed E-state index contributed by atoms with van der Waals surface area (Å²) in [5.74, 6) is 1.84. The molecule has 0 N–H and O–H groups in total. The molecule has 5 nitrogen and oxygen atoms in total. The number of nitrogens with zero attached hydrogens (tertiary/aromatic N) is 4. The van der Waals surface area contributed by atoms with Crippen LogP contribution in [0.15, 0.2) is 27.1 Å². The first-order valence-corrected chi connectivity index (χ1v) is 8.26. The summed E-state index contributed by atoms with van der Waals surface area (Å²) in [7, 11) is 1.79. The van der Waals surface area contributed by atoms with Gasteiger partial charge in [-0.15, -0.1) is 10.2 Å². The van der Waals surface area contributed by atoms with Gasteiger partial charge in [0.2, 0.25) is 0 Å². The van der Waals surface area contributed by atoms with Gasteiger partial charge in [-0.05, 0) is 40.5 Å². The minimum Gasteiger partial charge on any atom is -0.334 e. The van der Waals surface area contributed by atoms with Crippen molar-refractivity contribution in [2.75, 3.05) is 7.05 Å². The molecule has 0 aliphatic carbocycles. The Morgan fingerprint density at radius 1 is 1.38 bits per heavy atom. The molecule has 0 saturated carbocycles. The molecule has 1 aliphatic rings. The van der Waals surface area contributed by atoms with Gasteiger partial charge < -0.3 is 9.47 Å². The van der Waals surface area contributed by atoms with Gasteiger partial charge in [-0.1, -0.05) is 15.9 Å². The molecule has 2 aromatic rings. The summed E-state index contributed by atoms with van der Waals surface area (Å²) >= 11 is 6.82. The van der Waals surface area contributed by atoms with E-state index < -0.39 is 0 Å². The highest BCUT2D eigenvalue weighted by atomic mass is 79.9. The molecule has 1 aromatic heterocycles. The van der Waals surface area contributed by atoms with Crippen LogP contribution in [0.4, 0.5) is 0 Å². The molecule has 110 valence electrons. The number of rotatable bonds is 3. The van der Waals surface area contributed by atoms with Crippen molar-refractivity contribution in [3.8, 4) is 0 Å². The number of amides is 1. The lowest BCUT2D eigenvalue weighted by Crippen LogP contribution is -2.28. The maximum Gasteiger partial charge on any atom is 0.255 e. The Balaban J connectivity index is 1.78. The molecule has 0 fully saturated rings. The number of fused-ring (bicyclic) bond motifs is 1. The first-order chi connectivity index (χ1) is 10.1. The third kappa shape index (κ3) is 2.89. The molecule has 0 spiro atoms. The molecule has 0 saturated heterocycles. The number of carbonyl (C=O) groups is 1. The van der Waals surface area contributed by atoms with Crippen molar-refractivity contribution in [2.24, 2.45) is 0 Å². The zero-order valence-corrected chi connectivity index (χ0v) is 14.7. The first-order valence-electron chi connectivity index (χ1n) is 6.67. The van der Waals surface area contributed by atoms with Crippen LogP contribution in [0.5, 0.6) is 0 Å². The lowest BCUT2D eigenvalue weighted by molar-refractivity contribution is 0.0779. The average molecular weight is 414 g/mol. The van der Waals surface area contributed by atoms with E-state index in [0.717, 1.165) is 40.0 Å². The SMILES string of the molecule is CN(Cc1nnc2n1CCC2)C(=O)c1ccc(Br)cc1Br. The van der Waals surface area contributed by atoms with E-state index in [1.807, 2.05) is 12.1 Å². The van der Waals surface area contributed by atoms with Gasteiger partial charge >= 0.3 is 0 Å². The normalized spacial score (nSPS) is 13.3. The Morgan fingerprint density at radius 2 is 2.19 bits per heavy atom. The fraction of sp³-hybridized carbons (Fsp3) is 0.357. The van der Waals surface area contributed by atoms with Gasteiger partial charge in [0.25, 0.3) is 5.91 Å². The van der Waals surface area contributed by atoms with Crippen LogP contribution in [0, 0.1) is 0 Å². The Kier molecular flexibility index (Phi) is 4.12. The number of halogens is 2. The van der Waals surface area contributed by atoms with Gasteiger partial charge in [-0.25, -0.2) is 0 Å². The van der Waals surface area contributed by atoms with E-state index in [-0.39, 0.29) is 5.91 Å². The third-order valence-electron chi connectivity index (χ3n) is 3.57. The van der Waals surface area contributed by atoms with E-state index in [1.165, 1.54) is 0 Å². The average Bonchev–Trinajstić information content (AvgIpc) is 3.03. The zero-order chi connectivity index (χ0) is 15.0. The van der Waals surface area contributed by atoms with Crippen molar-refractivity contribution in [3.63, 3.8) is 0 Å². The molecule has 1 aromatic carbocycles. The number of aryl methyl sites for hydroxylation is 1. The van der Waals surface area contributed by atoms with Crippen molar-refractivity contribution in [1.82, 2.24) is 19.7 Å². The molecule has 7 heteroatoms. The van der Waals surface area contributed by atoms with E-state index >= 15 is 0 Å². The van der Waals surface area contributed by atoms with Crippen LogP contribution in [0.2, 0.25) is 0 Å². The van der Waals surface area contributed by atoms with Gasteiger partial charge in [0.05, 0.1) is 12.1 Å². The Morgan fingerprint density at radius 3 is 2.95 bits per heavy atom. The molecular formula is C14H14Br2N4O. The minimum atomic E-state index is -0.0373. The second-order valence-electron chi connectivity index (χ2n) is 5.07. The molecule has 3 rings (SSSR count). The van der Waals surface area contributed by atoms with Crippen molar-refractivity contribution in [2.45, 2.75) is 25.9 Å². The van der Waals surface area contributed by atoms with E-state index in [1.54, 1.807) is 18.0 Å². The van der Waals surface area contributed by atoms with Crippen molar-refractivity contribution in [3.05, 3.63) is 44.4 Å². The summed E-state index contributed by atoms with van der Waals surface area (Å²) in [6, 6.07) is 5.54. The number of aromatic nitrogens is 3. The summed E-state index contributed by atoms with van der Waals surface area (Å²) in [5.41, 5.74) is 0.641. The molecule has 0 atom stereocenters. The van der Waals surface area contributed by atoms with Gasteiger partial charge in [-0.3, -0.25) is 4.79 Å². The highest BCUT2D eigenvalue weighted by molar-refractivity contribution is 9.11. The topological polar surface area (TPSA) is 51.0 Å². The predicted molar refractivity (Wildman–Crippen MR) is 86.0 cm³/mol. The summed E-state index contributed by atoms with van der Waals surface area (Å²) in [6.07, 6.45) is 2.08. The smallest absolute Gasteiger partial charge is 0.255 e. The predicted octanol–water partition coefficient (Wildman–Crippen LogP) is 3.02. The molecule has 0 radical (unpaired) electrons. The van der Waals surface area contributed by atoms with E-state index in [9.17, 15) is 4.79 Å². The van der Waals surface area contributed by atoms with Gasteiger partial charge in [0.15, 0.2) is 5.82 Å². The van der Waals surface area contributed by atoms with Gasteiger partial charge in [-0.2, -0.15) is 0 Å².